The first kappa shape index (κ1) is 12.7. The molecule has 2 aromatic rings. The number of hydrogen-bond donors (Lipinski definition) is 1. The van der Waals surface area contributed by atoms with Gasteiger partial charge in [0.25, 0.3) is 0 Å². The fourth-order valence-corrected chi connectivity index (χ4v) is 2.18. The molecule has 1 aromatic heterocycles. The zero-order valence-electron chi connectivity index (χ0n) is 11.6. The quantitative estimate of drug-likeness (QED) is 0.887. The van der Waals surface area contributed by atoms with E-state index in [0.29, 0.717) is 0 Å². The zero-order chi connectivity index (χ0) is 13.1. The van der Waals surface area contributed by atoms with Gasteiger partial charge in [-0.3, -0.25) is 4.68 Å². The molecule has 1 aromatic carbocycles. The number of nitrogens with zero attached hydrogens (tertiary/aromatic N) is 2. The maximum Gasteiger partial charge on any atom is 0.148 e. The van der Waals surface area contributed by atoms with Gasteiger partial charge in [0.2, 0.25) is 0 Å². The number of aromatic nitrogens is 2. The minimum atomic E-state index is 0.267. The van der Waals surface area contributed by atoms with E-state index in [9.17, 15) is 0 Å². The van der Waals surface area contributed by atoms with Crippen molar-refractivity contribution in [3.05, 3.63) is 47.2 Å². The summed E-state index contributed by atoms with van der Waals surface area (Å²) in [5.74, 6) is 0.934. The molecule has 1 unspecified atom stereocenters. The third kappa shape index (κ3) is 2.92. The summed E-state index contributed by atoms with van der Waals surface area (Å²) in [5, 5.41) is 7.88. The van der Waals surface area contributed by atoms with Gasteiger partial charge in [0.05, 0.1) is 6.04 Å². The largest absolute Gasteiger partial charge is 0.362 e. The van der Waals surface area contributed by atoms with Gasteiger partial charge in [-0.2, -0.15) is 5.10 Å². The Hall–Kier alpha value is -1.77. The Labute approximate surface area is 109 Å². The topological polar surface area (TPSA) is 29.9 Å². The van der Waals surface area contributed by atoms with Crippen molar-refractivity contribution in [3.8, 4) is 0 Å². The standard InChI is InChI=1S/C15H21N3/c1-5-18-7-6-15(17-18)16-13(4)14-9-11(2)8-12(3)10-14/h6-10,13H,5H2,1-4H3,(H,16,17). The van der Waals surface area contributed by atoms with Gasteiger partial charge in [0.1, 0.15) is 5.82 Å². The summed E-state index contributed by atoms with van der Waals surface area (Å²) in [7, 11) is 0. The van der Waals surface area contributed by atoms with Crippen molar-refractivity contribution in [2.75, 3.05) is 5.32 Å². The first-order valence-corrected chi connectivity index (χ1v) is 6.46. The van der Waals surface area contributed by atoms with Gasteiger partial charge in [0, 0.05) is 18.8 Å². The Morgan fingerprint density at radius 2 is 1.89 bits per heavy atom. The fourth-order valence-electron chi connectivity index (χ4n) is 2.18. The van der Waals surface area contributed by atoms with Gasteiger partial charge >= 0.3 is 0 Å². The van der Waals surface area contributed by atoms with Crippen molar-refractivity contribution in [2.24, 2.45) is 0 Å². The summed E-state index contributed by atoms with van der Waals surface area (Å²) in [4.78, 5) is 0. The van der Waals surface area contributed by atoms with Crippen molar-refractivity contribution in [2.45, 2.75) is 40.3 Å². The van der Waals surface area contributed by atoms with Crippen LogP contribution in [0.5, 0.6) is 0 Å². The molecular weight excluding hydrogens is 222 g/mol. The van der Waals surface area contributed by atoms with Crippen LogP contribution in [-0.4, -0.2) is 9.78 Å². The van der Waals surface area contributed by atoms with Crippen LogP contribution < -0.4 is 5.32 Å². The maximum absolute atomic E-state index is 4.44. The van der Waals surface area contributed by atoms with E-state index in [4.69, 9.17) is 0 Å². The molecule has 0 aliphatic rings. The number of anilines is 1. The van der Waals surface area contributed by atoms with Gasteiger partial charge in [-0.05, 0) is 33.3 Å². The normalized spacial score (nSPS) is 12.4. The summed E-state index contributed by atoms with van der Waals surface area (Å²) in [6.07, 6.45) is 2.00. The SMILES string of the molecule is CCn1ccc(NC(C)c2cc(C)cc(C)c2)n1. The van der Waals surface area contributed by atoms with Crippen LogP contribution in [0.1, 0.15) is 36.6 Å². The molecular formula is C15H21N3. The lowest BCUT2D eigenvalue weighted by Crippen LogP contribution is -2.08. The minimum absolute atomic E-state index is 0.267. The molecule has 0 saturated heterocycles. The van der Waals surface area contributed by atoms with Crippen LogP contribution in [0.2, 0.25) is 0 Å². The Morgan fingerprint density at radius 1 is 1.22 bits per heavy atom. The second-order valence-corrected chi connectivity index (χ2v) is 4.84. The average molecular weight is 243 g/mol. The molecule has 2 rings (SSSR count). The zero-order valence-corrected chi connectivity index (χ0v) is 11.6. The Balaban J connectivity index is 2.13. The van der Waals surface area contributed by atoms with E-state index in [-0.39, 0.29) is 6.04 Å². The molecule has 0 bridgehead atoms. The van der Waals surface area contributed by atoms with Crippen molar-refractivity contribution >= 4 is 5.82 Å². The summed E-state index contributed by atoms with van der Waals surface area (Å²) in [5.41, 5.74) is 3.91. The van der Waals surface area contributed by atoms with Crippen molar-refractivity contribution in [1.82, 2.24) is 9.78 Å². The van der Waals surface area contributed by atoms with E-state index in [1.807, 2.05) is 16.9 Å². The highest BCUT2D eigenvalue weighted by Crippen LogP contribution is 2.20. The molecule has 0 amide bonds. The summed E-state index contributed by atoms with van der Waals surface area (Å²) < 4.78 is 1.93. The maximum atomic E-state index is 4.44. The van der Waals surface area contributed by atoms with Crippen LogP contribution in [0, 0.1) is 13.8 Å². The van der Waals surface area contributed by atoms with Crippen LogP contribution in [0.25, 0.3) is 0 Å². The Morgan fingerprint density at radius 3 is 2.44 bits per heavy atom. The highest BCUT2D eigenvalue weighted by atomic mass is 15.3. The Kier molecular flexibility index (Phi) is 3.70. The average Bonchev–Trinajstić information content (AvgIpc) is 2.75. The van der Waals surface area contributed by atoms with E-state index in [0.717, 1.165) is 12.4 Å². The van der Waals surface area contributed by atoms with Gasteiger partial charge in [-0.1, -0.05) is 29.3 Å². The van der Waals surface area contributed by atoms with E-state index in [1.165, 1.54) is 16.7 Å². The number of aryl methyl sites for hydroxylation is 3. The monoisotopic (exact) mass is 243 g/mol. The number of benzene rings is 1. The van der Waals surface area contributed by atoms with Crippen LogP contribution in [-0.2, 0) is 6.54 Å². The lowest BCUT2D eigenvalue weighted by Gasteiger charge is -2.15. The van der Waals surface area contributed by atoms with Gasteiger partial charge in [-0.15, -0.1) is 0 Å². The molecule has 0 saturated carbocycles. The lowest BCUT2D eigenvalue weighted by atomic mass is 10.0. The van der Waals surface area contributed by atoms with Crippen LogP contribution in [0.3, 0.4) is 0 Å². The minimum Gasteiger partial charge on any atom is -0.362 e. The van der Waals surface area contributed by atoms with Crippen LogP contribution in [0.4, 0.5) is 5.82 Å². The van der Waals surface area contributed by atoms with E-state index in [2.05, 4.69) is 56.3 Å². The second kappa shape index (κ2) is 5.25. The first-order valence-electron chi connectivity index (χ1n) is 6.46. The molecule has 18 heavy (non-hydrogen) atoms. The molecule has 96 valence electrons. The number of hydrogen-bond acceptors (Lipinski definition) is 2. The molecule has 0 spiro atoms. The first-order chi connectivity index (χ1) is 8.58. The lowest BCUT2D eigenvalue weighted by molar-refractivity contribution is 0.659. The van der Waals surface area contributed by atoms with Gasteiger partial charge in [0.15, 0.2) is 0 Å². The molecule has 0 aliphatic heterocycles. The van der Waals surface area contributed by atoms with Crippen molar-refractivity contribution in [3.63, 3.8) is 0 Å². The van der Waals surface area contributed by atoms with E-state index >= 15 is 0 Å². The highest BCUT2D eigenvalue weighted by Gasteiger charge is 2.07. The van der Waals surface area contributed by atoms with Crippen molar-refractivity contribution < 1.29 is 0 Å². The summed E-state index contributed by atoms with van der Waals surface area (Å²) in [6, 6.07) is 8.93. The predicted molar refractivity (Wildman–Crippen MR) is 75.9 cm³/mol. The number of nitrogens with one attached hydrogen (secondary N) is 1. The molecule has 3 heteroatoms. The second-order valence-electron chi connectivity index (χ2n) is 4.84. The molecule has 1 atom stereocenters. The summed E-state index contributed by atoms with van der Waals surface area (Å²) >= 11 is 0. The van der Waals surface area contributed by atoms with E-state index in [1.54, 1.807) is 0 Å². The molecule has 3 nitrogen and oxygen atoms in total. The molecule has 0 radical (unpaired) electrons. The predicted octanol–water partition coefficient (Wildman–Crippen LogP) is 3.69. The van der Waals surface area contributed by atoms with Crippen LogP contribution in [0.15, 0.2) is 30.5 Å². The third-order valence-corrected chi connectivity index (χ3v) is 3.07. The molecule has 0 aliphatic carbocycles. The molecule has 1 heterocycles. The third-order valence-electron chi connectivity index (χ3n) is 3.07. The number of rotatable bonds is 4. The van der Waals surface area contributed by atoms with Crippen molar-refractivity contribution in [1.29, 1.82) is 0 Å². The van der Waals surface area contributed by atoms with E-state index < -0.39 is 0 Å². The summed E-state index contributed by atoms with van der Waals surface area (Å²) in [6.45, 7) is 9.42. The Bertz CT molecular complexity index is 508. The van der Waals surface area contributed by atoms with Gasteiger partial charge < -0.3 is 5.32 Å². The van der Waals surface area contributed by atoms with Crippen LogP contribution >= 0.6 is 0 Å². The molecule has 1 N–H and O–H groups in total. The van der Waals surface area contributed by atoms with Gasteiger partial charge in [-0.25, -0.2) is 0 Å². The smallest absolute Gasteiger partial charge is 0.148 e. The highest BCUT2D eigenvalue weighted by molar-refractivity contribution is 5.39. The fraction of sp³-hybridized carbons (Fsp3) is 0.400. The molecule has 0 fully saturated rings.